The molecule has 0 aliphatic rings. The number of hydrogen-bond acceptors (Lipinski definition) is 2. The van der Waals surface area contributed by atoms with Crippen LogP contribution in [-0.2, 0) is 9.22 Å². The van der Waals surface area contributed by atoms with Crippen LogP contribution in [0.4, 0.5) is 0 Å². The summed E-state index contributed by atoms with van der Waals surface area (Å²) in [5, 5.41) is 0. The van der Waals surface area contributed by atoms with Crippen LogP contribution < -0.4 is 0 Å². The summed E-state index contributed by atoms with van der Waals surface area (Å²) in [5.74, 6) is 0.0671. The molecule has 0 aliphatic carbocycles. The largest absolute Gasteiger partial charge is 0.519 e. The van der Waals surface area contributed by atoms with Crippen LogP contribution in [0.1, 0.15) is 79.1 Å². The maximum Gasteiger partial charge on any atom is 0.292 e. The zero-order valence-electron chi connectivity index (χ0n) is 13.6. The number of rotatable bonds is 12. The fraction of sp³-hybridized carbons (Fsp3) is 0.938. The van der Waals surface area contributed by atoms with Gasteiger partial charge >= 0.3 is 0 Å². The van der Waals surface area contributed by atoms with Crippen molar-refractivity contribution in [2.75, 3.05) is 0 Å². The Balaban J connectivity index is 4.70. The molecular formula is C16H34O2Si. The number of carbonyl (C=O) groups is 1. The standard InChI is InChI=1S/C16H34O2Si/c1-5-9-13-19(14-10-6-2,15-11-7-3)18-16(17)12-8-4/h5-15H2,1-4H3. The average Bonchev–Trinajstić information content (AvgIpc) is 2.40. The maximum atomic E-state index is 12.0. The molecule has 0 aromatic heterocycles. The predicted octanol–water partition coefficient (Wildman–Crippen LogP) is 5.68. The third-order valence-electron chi connectivity index (χ3n) is 3.74. The summed E-state index contributed by atoms with van der Waals surface area (Å²) in [6.45, 7) is 8.74. The van der Waals surface area contributed by atoms with Crippen LogP contribution in [-0.4, -0.2) is 14.3 Å². The van der Waals surface area contributed by atoms with Gasteiger partial charge in [-0.3, -0.25) is 4.79 Å². The number of unbranched alkanes of at least 4 members (excludes halogenated alkanes) is 3. The van der Waals surface area contributed by atoms with Crippen LogP contribution >= 0.6 is 0 Å². The Morgan fingerprint density at radius 3 is 1.53 bits per heavy atom. The van der Waals surface area contributed by atoms with Crippen LogP contribution in [0.25, 0.3) is 0 Å². The average molecular weight is 287 g/mol. The fourth-order valence-corrected chi connectivity index (χ4v) is 7.16. The lowest BCUT2D eigenvalue weighted by molar-refractivity contribution is -0.135. The van der Waals surface area contributed by atoms with Gasteiger partial charge in [0.25, 0.3) is 14.3 Å². The molecule has 3 heteroatoms. The van der Waals surface area contributed by atoms with E-state index in [-0.39, 0.29) is 5.97 Å². The highest BCUT2D eigenvalue weighted by atomic mass is 28.4. The van der Waals surface area contributed by atoms with Crippen molar-refractivity contribution in [3.05, 3.63) is 0 Å². The molecule has 0 saturated carbocycles. The third kappa shape index (κ3) is 8.46. The van der Waals surface area contributed by atoms with Gasteiger partial charge in [-0.2, -0.15) is 0 Å². The van der Waals surface area contributed by atoms with Gasteiger partial charge in [0.15, 0.2) is 0 Å². The van der Waals surface area contributed by atoms with Crippen molar-refractivity contribution >= 4 is 14.3 Å². The van der Waals surface area contributed by atoms with Crippen molar-refractivity contribution in [2.24, 2.45) is 0 Å². The molecule has 0 saturated heterocycles. The molecule has 0 atom stereocenters. The molecule has 0 radical (unpaired) electrons. The lowest BCUT2D eigenvalue weighted by Gasteiger charge is -2.31. The highest BCUT2D eigenvalue weighted by molar-refractivity contribution is 6.75. The first-order valence-corrected chi connectivity index (χ1v) is 10.9. The molecule has 2 nitrogen and oxygen atoms in total. The fourth-order valence-electron chi connectivity index (χ4n) is 2.52. The van der Waals surface area contributed by atoms with E-state index in [1.54, 1.807) is 0 Å². The van der Waals surface area contributed by atoms with E-state index < -0.39 is 8.32 Å². The van der Waals surface area contributed by atoms with Crippen LogP contribution in [0.5, 0.6) is 0 Å². The SMILES string of the molecule is CCCC[Si](CCCC)(CCCC)OC(=O)CCC. The van der Waals surface area contributed by atoms with Gasteiger partial charge in [0.2, 0.25) is 0 Å². The van der Waals surface area contributed by atoms with Crippen molar-refractivity contribution in [1.29, 1.82) is 0 Å². The van der Waals surface area contributed by atoms with Gasteiger partial charge in [0.1, 0.15) is 0 Å². The Morgan fingerprint density at radius 1 is 0.789 bits per heavy atom. The zero-order valence-corrected chi connectivity index (χ0v) is 14.6. The topological polar surface area (TPSA) is 26.3 Å². The summed E-state index contributed by atoms with van der Waals surface area (Å²) in [4.78, 5) is 12.0. The Bertz CT molecular complexity index is 207. The van der Waals surface area contributed by atoms with E-state index in [2.05, 4.69) is 27.7 Å². The van der Waals surface area contributed by atoms with Crippen LogP contribution in [0.15, 0.2) is 0 Å². The van der Waals surface area contributed by atoms with Crippen LogP contribution in [0.3, 0.4) is 0 Å². The second-order valence-electron chi connectivity index (χ2n) is 5.72. The molecular weight excluding hydrogens is 252 g/mol. The van der Waals surface area contributed by atoms with E-state index in [1.165, 1.54) is 56.7 Å². The number of carbonyl (C=O) groups excluding carboxylic acids is 1. The highest BCUT2D eigenvalue weighted by Crippen LogP contribution is 2.30. The van der Waals surface area contributed by atoms with Crippen molar-refractivity contribution in [3.8, 4) is 0 Å². The molecule has 0 heterocycles. The van der Waals surface area contributed by atoms with E-state index >= 15 is 0 Å². The van der Waals surface area contributed by atoms with E-state index in [4.69, 9.17) is 4.43 Å². The molecule has 0 bridgehead atoms. The van der Waals surface area contributed by atoms with Crippen LogP contribution in [0.2, 0.25) is 18.1 Å². The summed E-state index contributed by atoms with van der Waals surface area (Å²) in [7, 11) is -1.81. The second-order valence-corrected chi connectivity index (χ2v) is 9.79. The summed E-state index contributed by atoms with van der Waals surface area (Å²) >= 11 is 0. The molecule has 0 amide bonds. The summed E-state index contributed by atoms with van der Waals surface area (Å²) in [5.41, 5.74) is 0. The van der Waals surface area contributed by atoms with Gasteiger partial charge in [0.05, 0.1) is 0 Å². The molecule has 0 rings (SSSR count). The van der Waals surface area contributed by atoms with Gasteiger partial charge in [0, 0.05) is 6.42 Å². The Kier molecular flexibility index (Phi) is 11.3. The quantitative estimate of drug-likeness (QED) is 0.432. The van der Waals surface area contributed by atoms with Gasteiger partial charge in [-0.15, -0.1) is 0 Å². The Morgan fingerprint density at radius 2 is 1.21 bits per heavy atom. The van der Waals surface area contributed by atoms with Crippen LogP contribution in [0, 0.1) is 0 Å². The minimum Gasteiger partial charge on any atom is -0.519 e. The lowest BCUT2D eigenvalue weighted by Crippen LogP contribution is -2.40. The second kappa shape index (κ2) is 11.5. The molecule has 0 fully saturated rings. The molecule has 0 spiro atoms. The van der Waals surface area contributed by atoms with Gasteiger partial charge in [-0.1, -0.05) is 66.2 Å². The summed E-state index contributed by atoms with van der Waals surface area (Å²) in [6, 6.07) is 3.54. The van der Waals surface area contributed by atoms with E-state index in [1.807, 2.05) is 0 Å². The normalized spacial score (nSPS) is 11.6. The predicted molar refractivity (Wildman–Crippen MR) is 85.9 cm³/mol. The molecule has 19 heavy (non-hydrogen) atoms. The smallest absolute Gasteiger partial charge is 0.292 e. The first-order chi connectivity index (χ1) is 9.14. The minimum absolute atomic E-state index is 0.0671. The molecule has 0 aromatic rings. The molecule has 0 unspecified atom stereocenters. The molecule has 0 N–H and O–H groups in total. The van der Waals surface area contributed by atoms with E-state index in [9.17, 15) is 4.79 Å². The third-order valence-corrected chi connectivity index (χ3v) is 8.20. The van der Waals surface area contributed by atoms with E-state index in [0.29, 0.717) is 6.42 Å². The van der Waals surface area contributed by atoms with Gasteiger partial charge < -0.3 is 4.43 Å². The molecule has 0 aromatic carbocycles. The van der Waals surface area contributed by atoms with Crippen molar-refractivity contribution in [2.45, 2.75) is 97.2 Å². The first-order valence-electron chi connectivity index (χ1n) is 8.36. The zero-order chi connectivity index (χ0) is 14.6. The van der Waals surface area contributed by atoms with Crippen molar-refractivity contribution in [1.82, 2.24) is 0 Å². The van der Waals surface area contributed by atoms with Gasteiger partial charge in [-0.25, -0.2) is 0 Å². The Hall–Kier alpha value is -0.313. The van der Waals surface area contributed by atoms with E-state index in [0.717, 1.165) is 6.42 Å². The number of hydrogen-bond donors (Lipinski definition) is 0. The molecule has 114 valence electrons. The summed E-state index contributed by atoms with van der Waals surface area (Å²) < 4.78 is 6.08. The highest BCUT2D eigenvalue weighted by Gasteiger charge is 2.36. The molecule has 0 aliphatic heterocycles. The Labute approximate surface area is 121 Å². The van der Waals surface area contributed by atoms with Gasteiger partial charge in [-0.05, 0) is 24.6 Å². The maximum absolute atomic E-state index is 12.0. The minimum atomic E-state index is -1.81. The van der Waals surface area contributed by atoms with Crippen molar-refractivity contribution in [3.63, 3.8) is 0 Å². The summed E-state index contributed by atoms with van der Waals surface area (Å²) in [6.07, 6.45) is 8.78. The monoisotopic (exact) mass is 286 g/mol. The first kappa shape index (κ1) is 18.7. The lowest BCUT2D eigenvalue weighted by atomic mass is 10.3. The van der Waals surface area contributed by atoms with Crippen molar-refractivity contribution < 1.29 is 9.22 Å².